The van der Waals surface area contributed by atoms with Crippen LogP contribution in [0.25, 0.3) is 0 Å². The second kappa shape index (κ2) is 3.16. The lowest BCUT2D eigenvalue weighted by atomic mass is 9.96. The molecule has 0 N–H and O–H groups in total. The van der Waals surface area contributed by atoms with Crippen molar-refractivity contribution in [2.24, 2.45) is 5.41 Å². The zero-order valence-electron chi connectivity index (χ0n) is 7.34. The molecule has 12 heavy (non-hydrogen) atoms. The highest BCUT2D eigenvalue weighted by Crippen LogP contribution is 2.17. The summed E-state index contributed by atoms with van der Waals surface area (Å²) in [4.78, 5) is 15.6. The molecule has 1 aromatic rings. The number of carbonyl (C=O) groups is 1. The third-order valence-electron chi connectivity index (χ3n) is 1.46. The molecular formula is C8H11IN2O. The van der Waals surface area contributed by atoms with Crippen LogP contribution in [0.1, 0.15) is 25.6 Å². The standard InChI is InChI=1S/C8H11IN2O/c1-8(2,3)6(12)11-5-4-10-7(11)9/h4-5H,1-3H3. The van der Waals surface area contributed by atoms with E-state index >= 15 is 0 Å². The maximum Gasteiger partial charge on any atom is 0.238 e. The summed E-state index contributed by atoms with van der Waals surface area (Å²) >= 11 is 2.04. The molecule has 0 fully saturated rings. The molecule has 3 nitrogen and oxygen atoms in total. The van der Waals surface area contributed by atoms with Crippen molar-refractivity contribution >= 4 is 28.5 Å². The molecule has 1 rings (SSSR count). The van der Waals surface area contributed by atoms with Crippen molar-refractivity contribution in [3.8, 4) is 0 Å². The van der Waals surface area contributed by atoms with Crippen molar-refractivity contribution < 1.29 is 4.79 Å². The van der Waals surface area contributed by atoms with Gasteiger partial charge in [0, 0.05) is 40.4 Å². The van der Waals surface area contributed by atoms with Crippen LogP contribution in [-0.4, -0.2) is 15.5 Å². The third kappa shape index (κ3) is 1.85. The van der Waals surface area contributed by atoms with Gasteiger partial charge in [0.15, 0.2) is 3.83 Å². The van der Waals surface area contributed by atoms with E-state index in [9.17, 15) is 4.79 Å². The minimum Gasteiger partial charge on any atom is -0.273 e. The Morgan fingerprint density at radius 1 is 1.58 bits per heavy atom. The Hall–Kier alpha value is -0.390. The van der Waals surface area contributed by atoms with E-state index in [1.807, 2.05) is 43.4 Å². The zero-order valence-corrected chi connectivity index (χ0v) is 9.49. The second-order valence-electron chi connectivity index (χ2n) is 3.62. The fraction of sp³-hybridized carbons (Fsp3) is 0.500. The van der Waals surface area contributed by atoms with Crippen molar-refractivity contribution in [3.63, 3.8) is 0 Å². The maximum absolute atomic E-state index is 11.7. The van der Waals surface area contributed by atoms with Crippen molar-refractivity contribution in [2.75, 3.05) is 0 Å². The molecule has 0 unspecified atom stereocenters. The Labute approximate surface area is 85.3 Å². The molecule has 0 bridgehead atoms. The SMILES string of the molecule is CC(C)(C)C(=O)n1ccnc1I. The molecule has 0 radical (unpaired) electrons. The Bertz CT molecular complexity index is 298. The summed E-state index contributed by atoms with van der Waals surface area (Å²) < 4.78 is 2.29. The first-order valence-electron chi connectivity index (χ1n) is 3.66. The predicted molar refractivity (Wildman–Crippen MR) is 55.0 cm³/mol. The van der Waals surface area contributed by atoms with Gasteiger partial charge in [0.25, 0.3) is 0 Å². The lowest BCUT2D eigenvalue weighted by molar-refractivity contribution is 0.0763. The summed E-state index contributed by atoms with van der Waals surface area (Å²) in [7, 11) is 0. The van der Waals surface area contributed by atoms with Gasteiger partial charge < -0.3 is 0 Å². The average molecular weight is 278 g/mol. The number of rotatable bonds is 0. The summed E-state index contributed by atoms with van der Waals surface area (Å²) in [5.41, 5.74) is -0.347. The van der Waals surface area contributed by atoms with E-state index in [0.29, 0.717) is 3.83 Å². The predicted octanol–water partition coefficient (Wildman–Crippen LogP) is 2.17. The highest BCUT2D eigenvalue weighted by atomic mass is 127. The van der Waals surface area contributed by atoms with Gasteiger partial charge in [-0.15, -0.1) is 0 Å². The Morgan fingerprint density at radius 3 is 2.50 bits per heavy atom. The number of halogens is 1. The average Bonchev–Trinajstić information content (AvgIpc) is 2.31. The van der Waals surface area contributed by atoms with Crippen LogP contribution in [-0.2, 0) is 0 Å². The lowest BCUT2D eigenvalue weighted by Gasteiger charge is -2.16. The van der Waals surface area contributed by atoms with Crippen LogP contribution >= 0.6 is 22.6 Å². The van der Waals surface area contributed by atoms with Crippen LogP contribution in [0, 0.1) is 9.25 Å². The normalized spacial score (nSPS) is 11.7. The van der Waals surface area contributed by atoms with Gasteiger partial charge in [0.1, 0.15) is 0 Å². The molecule has 0 aromatic carbocycles. The van der Waals surface area contributed by atoms with Gasteiger partial charge in [0.2, 0.25) is 5.91 Å². The van der Waals surface area contributed by atoms with Gasteiger partial charge >= 0.3 is 0 Å². The van der Waals surface area contributed by atoms with Gasteiger partial charge in [-0.25, -0.2) is 4.98 Å². The first kappa shape index (κ1) is 9.70. The Morgan fingerprint density at radius 2 is 2.17 bits per heavy atom. The van der Waals surface area contributed by atoms with Gasteiger partial charge in [-0.1, -0.05) is 20.8 Å². The second-order valence-corrected chi connectivity index (χ2v) is 4.59. The van der Waals surface area contributed by atoms with E-state index in [-0.39, 0.29) is 11.3 Å². The molecule has 0 saturated heterocycles. The quantitative estimate of drug-likeness (QED) is 0.682. The summed E-state index contributed by atoms with van der Waals surface area (Å²) in [6.45, 7) is 5.68. The van der Waals surface area contributed by atoms with E-state index in [0.717, 1.165) is 0 Å². The van der Waals surface area contributed by atoms with Crippen LogP contribution in [0.15, 0.2) is 12.4 Å². The van der Waals surface area contributed by atoms with Crippen LogP contribution in [0.4, 0.5) is 0 Å². The molecule has 1 aromatic heterocycles. The van der Waals surface area contributed by atoms with Gasteiger partial charge in [-0.05, 0) is 0 Å². The lowest BCUT2D eigenvalue weighted by Crippen LogP contribution is -2.27. The molecule has 0 spiro atoms. The van der Waals surface area contributed by atoms with Gasteiger partial charge in [-0.2, -0.15) is 0 Å². The smallest absolute Gasteiger partial charge is 0.238 e. The van der Waals surface area contributed by atoms with Crippen LogP contribution in [0.2, 0.25) is 0 Å². The van der Waals surface area contributed by atoms with Crippen LogP contribution in [0.5, 0.6) is 0 Å². The van der Waals surface area contributed by atoms with E-state index < -0.39 is 0 Å². The summed E-state index contributed by atoms with van der Waals surface area (Å²) in [5, 5.41) is 0. The molecule has 66 valence electrons. The van der Waals surface area contributed by atoms with E-state index in [2.05, 4.69) is 4.98 Å². The molecule has 4 heteroatoms. The maximum atomic E-state index is 11.7. The molecule has 0 aliphatic rings. The summed E-state index contributed by atoms with van der Waals surface area (Å²) in [6.07, 6.45) is 3.32. The topological polar surface area (TPSA) is 34.9 Å². The number of imidazole rings is 1. The van der Waals surface area contributed by atoms with E-state index in [1.54, 1.807) is 17.0 Å². The zero-order chi connectivity index (χ0) is 9.35. The fourth-order valence-electron chi connectivity index (χ4n) is 0.798. The number of nitrogens with zero attached hydrogens (tertiary/aromatic N) is 2. The van der Waals surface area contributed by atoms with Crippen molar-refractivity contribution in [3.05, 3.63) is 16.2 Å². The highest BCUT2D eigenvalue weighted by molar-refractivity contribution is 14.1. The monoisotopic (exact) mass is 278 g/mol. The molecule has 0 aliphatic carbocycles. The van der Waals surface area contributed by atoms with Gasteiger partial charge in [0.05, 0.1) is 0 Å². The fourth-order valence-corrected chi connectivity index (χ4v) is 1.34. The van der Waals surface area contributed by atoms with E-state index in [1.165, 1.54) is 0 Å². The largest absolute Gasteiger partial charge is 0.273 e. The number of hydrogen-bond acceptors (Lipinski definition) is 2. The van der Waals surface area contributed by atoms with Crippen LogP contribution < -0.4 is 0 Å². The summed E-state index contributed by atoms with van der Waals surface area (Å²) in [5.74, 6) is 0.0735. The van der Waals surface area contributed by atoms with Crippen molar-refractivity contribution in [1.82, 2.24) is 9.55 Å². The van der Waals surface area contributed by atoms with Crippen LogP contribution in [0.3, 0.4) is 0 Å². The highest BCUT2D eigenvalue weighted by Gasteiger charge is 2.24. The first-order valence-corrected chi connectivity index (χ1v) is 4.74. The Kier molecular flexibility index (Phi) is 2.55. The molecule has 0 aliphatic heterocycles. The molecule has 0 saturated carbocycles. The minimum atomic E-state index is -0.347. The first-order chi connectivity index (χ1) is 5.43. The van der Waals surface area contributed by atoms with Crippen molar-refractivity contribution in [1.29, 1.82) is 0 Å². The third-order valence-corrected chi connectivity index (χ3v) is 2.25. The number of carbonyl (C=O) groups excluding carboxylic acids is 1. The number of aromatic nitrogens is 2. The van der Waals surface area contributed by atoms with Crippen molar-refractivity contribution in [2.45, 2.75) is 20.8 Å². The molecule has 1 heterocycles. The Balaban J connectivity index is 3.01. The van der Waals surface area contributed by atoms with Gasteiger partial charge in [-0.3, -0.25) is 9.36 Å². The molecular weight excluding hydrogens is 267 g/mol. The summed E-state index contributed by atoms with van der Waals surface area (Å²) in [6, 6.07) is 0. The molecule has 0 atom stereocenters. The van der Waals surface area contributed by atoms with E-state index in [4.69, 9.17) is 0 Å². The minimum absolute atomic E-state index is 0.0735. The number of hydrogen-bond donors (Lipinski definition) is 0. The molecule has 0 amide bonds.